The van der Waals surface area contributed by atoms with Gasteiger partial charge in [-0.25, -0.2) is 8.42 Å². The SMILES string of the molecule is CS(=O)(=O)c1ccc(Cl)c(NCC2CCCCCC2)c1. The zero-order valence-electron chi connectivity index (χ0n) is 11.9. The summed E-state index contributed by atoms with van der Waals surface area (Å²) < 4.78 is 23.2. The minimum Gasteiger partial charge on any atom is -0.384 e. The van der Waals surface area contributed by atoms with E-state index >= 15 is 0 Å². The van der Waals surface area contributed by atoms with E-state index in [1.165, 1.54) is 44.8 Å². The van der Waals surface area contributed by atoms with E-state index < -0.39 is 9.84 Å². The van der Waals surface area contributed by atoms with Gasteiger partial charge in [-0.2, -0.15) is 0 Å². The molecule has 1 aromatic rings. The third kappa shape index (κ3) is 4.38. The molecule has 1 aliphatic carbocycles. The highest BCUT2D eigenvalue weighted by Crippen LogP contribution is 2.27. The van der Waals surface area contributed by atoms with E-state index in [2.05, 4.69) is 5.32 Å². The number of benzene rings is 1. The van der Waals surface area contributed by atoms with Gasteiger partial charge in [-0.15, -0.1) is 0 Å². The van der Waals surface area contributed by atoms with Crippen molar-refractivity contribution in [2.75, 3.05) is 18.1 Å². The lowest BCUT2D eigenvalue weighted by molar-refractivity contribution is 0.483. The van der Waals surface area contributed by atoms with Crippen LogP contribution in [-0.2, 0) is 9.84 Å². The van der Waals surface area contributed by atoms with Crippen LogP contribution in [0.4, 0.5) is 5.69 Å². The summed E-state index contributed by atoms with van der Waals surface area (Å²) in [6, 6.07) is 4.83. The fourth-order valence-corrected chi connectivity index (χ4v) is 3.52. The van der Waals surface area contributed by atoms with Gasteiger partial charge in [-0.3, -0.25) is 0 Å². The summed E-state index contributed by atoms with van der Waals surface area (Å²) in [6.07, 6.45) is 8.96. The van der Waals surface area contributed by atoms with Crippen molar-refractivity contribution in [3.63, 3.8) is 0 Å². The van der Waals surface area contributed by atoms with Crippen LogP contribution in [0.15, 0.2) is 23.1 Å². The normalized spacial score (nSPS) is 17.7. The highest BCUT2D eigenvalue weighted by Gasteiger charge is 2.14. The van der Waals surface area contributed by atoms with E-state index in [9.17, 15) is 8.42 Å². The highest BCUT2D eigenvalue weighted by atomic mass is 35.5. The Kier molecular flexibility index (Phi) is 5.33. The third-order valence-corrected chi connectivity index (χ3v) is 5.36. The maximum Gasteiger partial charge on any atom is 0.175 e. The Hall–Kier alpha value is -0.740. The number of hydrogen-bond donors (Lipinski definition) is 1. The van der Waals surface area contributed by atoms with E-state index in [1.807, 2.05) is 0 Å². The number of rotatable bonds is 4. The standard InChI is InChI=1S/C15H22ClNO2S/c1-20(18,19)13-8-9-14(16)15(10-13)17-11-12-6-4-2-3-5-7-12/h8-10,12,17H,2-7,11H2,1H3. The first-order valence-corrected chi connectivity index (χ1v) is 9.47. The van der Waals surface area contributed by atoms with Crippen LogP contribution in [0, 0.1) is 5.92 Å². The topological polar surface area (TPSA) is 46.2 Å². The van der Waals surface area contributed by atoms with E-state index in [0.29, 0.717) is 15.8 Å². The summed E-state index contributed by atoms with van der Waals surface area (Å²) in [5.41, 5.74) is 0.721. The molecule has 0 spiro atoms. The van der Waals surface area contributed by atoms with Crippen LogP contribution in [0.25, 0.3) is 0 Å². The Morgan fingerprint density at radius 3 is 2.45 bits per heavy atom. The van der Waals surface area contributed by atoms with Crippen LogP contribution in [0.1, 0.15) is 38.5 Å². The fraction of sp³-hybridized carbons (Fsp3) is 0.600. The van der Waals surface area contributed by atoms with Gasteiger partial charge in [0.25, 0.3) is 0 Å². The van der Waals surface area contributed by atoms with Crippen molar-refractivity contribution < 1.29 is 8.42 Å². The van der Waals surface area contributed by atoms with Crippen molar-refractivity contribution >= 4 is 27.1 Å². The van der Waals surface area contributed by atoms with Crippen LogP contribution in [-0.4, -0.2) is 21.2 Å². The Morgan fingerprint density at radius 2 is 1.85 bits per heavy atom. The van der Waals surface area contributed by atoms with E-state index in [-0.39, 0.29) is 0 Å². The number of halogens is 1. The third-order valence-electron chi connectivity index (χ3n) is 3.92. The molecule has 1 N–H and O–H groups in total. The largest absolute Gasteiger partial charge is 0.384 e. The molecule has 0 bridgehead atoms. The van der Waals surface area contributed by atoms with Crippen molar-refractivity contribution in [3.05, 3.63) is 23.2 Å². The van der Waals surface area contributed by atoms with Crippen LogP contribution in [0.5, 0.6) is 0 Å². The molecule has 0 aliphatic heterocycles. The lowest BCUT2D eigenvalue weighted by Crippen LogP contribution is -2.14. The average molecular weight is 316 g/mol. The van der Waals surface area contributed by atoms with Crippen molar-refractivity contribution in [2.45, 2.75) is 43.4 Å². The van der Waals surface area contributed by atoms with Gasteiger partial charge in [0.2, 0.25) is 0 Å². The van der Waals surface area contributed by atoms with Crippen molar-refractivity contribution in [3.8, 4) is 0 Å². The minimum absolute atomic E-state index is 0.310. The summed E-state index contributed by atoms with van der Waals surface area (Å²) in [5.74, 6) is 0.662. The van der Waals surface area contributed by atoms with Crippen molar-refractivity contribution in [1.29, 1.82) is 0 Å². The zero-order chi connectivity index (χ0) is 14.6. The summed E-state index contributed by atoms with van der Waals surface area (Å²) in [5, 5.41) is 3.90. The molecule has 0 unspecified atom stereocenters. The van der Waals surface area contributed by atoms with Crippen molar-refractivity contribution in [1.82, 2.24) is 0 Å². The van der Waals surface area contributed by atoms with E-state index in [0.717, 1.165) is 12.2 Å². The molecule has 20 heavy (non-hydrogen) atoms. The first kappa shape index (κ1) is 15.6. The minimum atomic E-state index is -3.19. The lowest BCUT2D eigenvalue weighted by Gasteiger charge is -2.17. The first-order chi connectivity index (χ1) is 9.47. The second kappa shape index (κ2) is 6.81. The van der Waals surface area contributed by atoms with Gasteiger partial charge in [-0.05, 0) is 37.0 Å². The van der Waals surface area contributed by atoms with Gasteiger partial charge in [0.1, 0.15) is 0 Å². The molecule has 0 atom stereocenters. The van der Waals surface area contributed by atoms with Gasteiger partial charge in [0, 0.05) is 12.8 Å². The summed E-state index contributed by atoms with van der Waals surface area (Å²) in [6.45, 7) is 0.868. The second-order valence-corrected chi connectivity index (χ2v) is 8.08. The lowest BCUT2D eigenvalue weighted by atomic mass is 10.0. The first-order valence-electron chi connectivity index (χ1n) is 7.20. The smallest absolute Gasteiger partial charge is 0.175 e. The van der Waals surface area contributed by atoms with Gasteiger partial charge in [-0.1, -0.05) is 37.3 Å². The molecule has 2 rings (SSSR count). The summed E-state index contributed by atoms with van der Waals surface area (Å²) in [7, 11) is -3.19. The quantitative estimate of drug-likeness (QED) is 0.850. The number of sulfone groups is 1. The molecule has 0 amide bonds. The fourth-order valence-electron chi connectivity index (χ4n) is 2.69. The van der Waals surface area contributed by atoms with Crippen LogP contribution >= 0.6 is 11.6 Å². The molecular formula is C15H22ClNO2S. The molecule has 112 valence electrons. The molecule has 0 saturated heterocycles. The molecule has 1 aromatic carbocycles. The number of hydrogen-bond acceptors (Lipinski definition) is 3. The molecule has 3 nitrogen and oxygen atoms in total. The average Bonchev–Trinajstić information content (AvgIpc) is 2.65. The summed E-state index contributed by atoms with van der Waals surface area (Å²) in [4.78, 5) is 0.310. The summed E-state index contributed by atoms with van der Waals surface area (Å²) >= 11 is 6.14. The molecule has 5 heteroatoms. The van der Waals surface area contributed by atoms with Gasteiger partial charge in [0.15, 0.2) is 9.84 Å². The predicted octanol–water partition coefficient (Wildman–Crippen LogP) is 4.13. The van der Waals surface area contributed by atoms with Crippen LogP contribution in [0.2, 0.25) is 5.02 Å². The maximum atomic E-state index is 11.6. The molecular weight excluding hydrogens is 294 g/mol. The number of anilines is 1. The predicted molar refractivity (Wildman–Crippen MR) is 84.2 cm³/mol. The molecule has 1 fully saturated rings. The van der Waals surface area contributed by atoms with Gasteiger partial charge >= 0.3 is 0 Å². The Morgan fingerprint density at radius 1 is 1.20 bits per heavy atom. The zero-order valence-corrected chi connectivity index (χ0v) is 13.4. The van der Waals surface area contributed by atoms with Gasteiger partial charge in [0.05, 0.1) is 15.6 Å². The number of nitrogens with one attached hydrogen (secondary N) is 1. The maximum absolute atomic E-state index is 11.6. The van der Waals surface area contributed by atoms with Crippen molar-refractivity contribution in [2.24, 2.45) is 5.92 Å². The molecule has 1 saturated carbocycles. The molecule has 0 radical (unpaired) electrons. The Bertz CT molecular complexity index is 549. The van der Waals surface area contributed by atoms with E-state index in [4.69, 9.17) is 11.6 Å². The van der Waals surface area contributed by atoms with Crippen LogP contribution < -0.4 is 5.32 Å². The van der Waals surface area contributed by atoms with E-state index in [1.54, 1.807) is 18.2 Å². The molecule has 1 aliphatic rings. The monoisotopic (exact) mass is 315 g/mol. The van der Waals surface area contributed by atoms with Crippen LogP contribution in [0.3, 0.4) is 0 Å². The second-order valence-electron chi connectivity index (χ2n) is 5.65. The molecule has 0 heterocycles. The molecule has 0 aromatic heterocycles. The van der Waals surface area contributed by atoms with Gasteiger partial charge < -0.3 is 5.32 Å². The Labute approximate surface area is 126 Å². The highest BCUT2D eigenvalue weighted by molar-refractivity contribution is 7.90. The Balaban J connectivity index is 2.04.